The van der Waals surface area contributed by atoms with Gasteiger partial charge in [-0.25, -0.2) is 0 Å². The Labute approximate surface area is 108 Å². The molecule has 94 valence electrons. The first-order valence-corrected chi connectivity index (χ1v) is 6.61. The molecule has 2 aromatic rings. The molecular weight excluding hydrogens is 222 g/mol. The number of fused-ring (bicyclic) bond motifs is 1. The Morgan fingerprint density at radius 1 is 1.39 bits per heavy atom. The van der Waals surface area contributed by atoms with Gasteiger partial charge in [0.1, 0.15) is 0 Å². The van der Waals surface area contributed by atoms with Gasteiger partial charge in [0.2, 0.25) is 0 Å². The Hall–Kier alpha value is -1.61. The minimum atomic E-state index is 0.766. The van der Waals surface area contributed by atoms with Crippen LogP contribution in [-0.2, 0) is 0 Å². The maximum atomic E-state index is 4.26. The number of hydrogen-bond acceptors (Lipinski definition) is 3. The number of nitrogens with zero attached hydrogens (tertiary/aromatic N) is 2. The van der Waals surface area contributed by atoms with Crippen molar-refractivity contribution >= 4 is 16.5 Å². The lowest BCUT2D eigenvalue weighted by molar-refractivity contribution is 0.549. The second-order valence-corrected chi connectivity index (χ2v) is 5.03. The van der Waals surface area contributed by atoms with Crippen LogP contribution in [0.1, 0.15) is 6.42 Å². The Balaban J connectivity index is 1.91. The van der Waals surface area contributed by atoms with E-state index in [9.17, 15) is 0 Å². The predicted octanol–water partition coefficient (Wildman–Crippen LogP) is 2.28. The number of aromatic nitrogens is 1. The van der Waals surface area contributed by atoms with Crippen LogP contribution in [-0.4, -0.2) is 31.7 Å². The van der Waals surface area contributed by atoms with Crippen LogP contribution in [0.3, 0.4) is 0 Å². The van der Waals surface area contributed by atoms with Gasteiger partial charge in [-0.2, -0.15) is 0 Å². The standard InChI is InChI=1S/C15H19N3/c1-16-9-12-6-8-18(11-12)15-4-2-3-13-5-7-17-10-14(13)15/h2-5,7,10,12,16H,6,8-9,11H2,1H3. The van der Waals surface area contributed by atoms with Gasteiger partial charge in [-0.05, 0) is 43.5 Å². The summed E-state index contributed by atoms with van der Waals surface area (Å²) in [6, 6.07) is 8.59. The molecule has 0 amide bonds. The van der Waals surface area contributed by atoms with Crippen molar-refractivity contribution in [3.63, 3.8) is 0 Å². The highest BCUT2D eigenvalue weighted by atomic mass is 15.2. The molecule has 1 N–H and O–H groups in total. The number of rotatable bonds is 3. The molecule has 1 saturated heterocycles. The molecule has 1 fully saturated rings. The summed E-state index contributed by atoms with van der Waals surface area (Å²) in [6.07, 6.45) is 5.12. The van der Waals surface area contributed by atoms with Gasteiger partial charge in [-0.3, -0.25) is 4.98 Å². The Bertz CT molecular complexity index is 533. The summed E-state index contributed by atoms with van der Waals surface area (Å²) >= 11 is 0. The number of benzene rings is 1. The SMILES string of the molecule is CNCC1CCN(c2cccc3ccncc23)C1. The molecule has 0 radical (unpaired) electrons. The fourth-order valence-corrected chi connectivity index (χ4v) is 2.88. The lowest BCUT2D eigenvalue weighted by Gasteiger charge is -2.20. The van der Waals surface area contributed by atoms with E-state index in [1.165, 1.54) is 22.9 Å². The molecule has 1 aromatic carbocycles. The van der Waals surface area contributed by atoms with Crippen molar-refractivity contribution in [2.24, 2.45) is 5.92 Å². The van der Waals surface area contributed by atoms with Gasteiger partial charge in [-0.1, -0.05) is 12.1 Å². The number of nitrogens with one attached hydrogen (secondary N) is 1. The summed E-state index contributed by atoms with van der Waals surface area (Å²) in [5.74, 6) is 0.766. The monoisotopic (exact) mass is 241 g/mol. The van der Waals surface area contributed by atoms with Crippen LogP contribution < -0.4 is 10.2 Å². The summed E-state index contributed by atoms with van der Waals surface area (Å²) in [5, 5.41) is 5.83. The zero-order valence-corrected chi connectivity index (χ0v) is 10.8. The fraction of sp³-hybridized carbons (Fsp3) is 0.400. The Morgan fingerprint density at radius 3 is 3.22 bits per heavy atom. The summed E-state index contributed by atoms with van der Waals surface area (Å²) in [7, 11) is 2.03. The largest absolute Gasteiger partial charge is 0.371 e. The smallest absolute Gasteiger partial charge is 0.0461 e. The van der Waals surface area contributed by atoms with Gasteiger partial charge in [-0.15, -0.1) is 0 Å². The van der Waals surface area contributed by atoms with E-state index in [1.807, 2.05) is 19.4 Å². The van der Waals surface area contributed by atoms with Crippen LogP contribution in [0.2, 0.25) is 0 Å². The van der Waals surface area contributed by atoms with Gasteiger partial charge in [0.05, 0.1) is 0 Å². The average Bonchev–Trinajstić information content (AvgIpc) is 2.87. The molecule has 2 heterocycles. The van der Waals surface area contributed by atoms with Gasteiger partial charge in [0.25, 0.3) is 0 Å². The highest BCUT2D eigenvalue weighted by Crippen LogP contribution is 2.30. The van der Waals surface area contributed by atoms with Crippen LogP contribution in [0.5, 0.6) is 0 Å². The molecule has 0 spiro atoms. The van der Waals surface area contributed by atoms with Crippen molar-refractivity contribution in [2.75, 3.05) is 31.6 Å². The zero-order valence-electron chi connectivity index (χ0n) is 10.8. The first-order chi connectivity index (χ1) is 8.88. The zero-order chi connectivity index (χ0) is 12.4. The van der Waals surface area contributed by atoms with E-state index in [2.05, 4.69) is 39.5 Å². The summed E-state index contributed by atoms with van der Waals surface area (Å²) in [5.41, 5.74) is 1.33. The van der Waals surface area contributed by atoms with E-state index in [-0.39, 0.29) is 0 Å². The molecule has 0 saturated carbocycles. The van der Waals surface area contributed by atoms with Gasteiger partial charge in [0, 0.05) is 36.6 Å². The maximum Gasteiger partial charge on any atom is 0.0461 e. The minimum Gasteiger partial charge on any atom is -0.371 e. The third-order valence-electron chi connectivity index (χ3n) is 3.78. The minimum absolute atomic E-state index is 0.766. The second-order valence-electron chi connectivity index (χ2n) is 5.03. The van der Waals surface area contributed by atoms with Gasteiger partial charge in [0.15, 0.2) is 0 Å². The van der Waals surface area contributed by atoms with Crippen LogP contribution in [0.15, 0.2) is 36.7 Å². The number of pyridine rings is 1. The highest BCUT2D eigenvalue weighted by molar-refractivity contribution is 5.93. The number of hydrogen-bond donors (Lipinski definition) is 1. The molecule has 3 rings (SSSR count). The van der Waals surface area contributed by atoms with Crippen molar-refractivity contribution in [3.8, 4) is 0 Å². The molecule has 3 nitrogen and oxygen atoms in total. The average molecular weight is 241 g/mol. The molecular formula is C15H19N3. The normalized spacial score (nSPS) is 19.6. The number of anilines is 1. The topological polar surface area (TPSA) is 28.2 Å². The summed E-state index contributed by atoms with van der Waals surface area (Å²) in [6.45, 7) is 3.41. The van der Waals surface area contributed by atoms with Gasteiger partial charge >= 0.3 is 0 Å². The van der Waals surface area contributed by atoms with E-state index in [0.717, 1.165) is 25.6 Å². The Morgan fingerprint density at radius 2 is 2.33 bits per heavy atom. The van der Waals surface area contributed by atoms with E-state index in [4.69, 9.17) is 0 Å². The maximum absolute atomic E-state index is 4.26. The van der Waals surface area contributed by atoms with Crippen molar-refractivity contribution < 1.29 is 0 Å². The third kappa shape index (κ3) is 2.06. The molecule has 1 aromatic heterocycles. The molecule has 3 heteroatoms. The van der Waals surface area contributed by atoms with Crippen molar-refractivity contribution in [1.29, 1.82) is 0 Å². The molecule has 1 atom stereocenters. The van der Waals surface area contributed by atoms with Crippen molar-refractivity contribution in [2.45, 2.75) is 6.42 Å². The molecule has 0 bridgehead atoms. The van der Waals surface area contributed by atoms with E-state index >= 15 is 0 Å². The van der Waals surface area contributed by atoms with Crippen LogP contribution >= 0.6 is 0 Å². The van der Waals surface area contributed by atoms with Crippen molar-refractivity contribution in [1.82, 2.24) is 10.3 Å². The van der Waals surface area contributed by atoms with Crippen LogP contribution in [0.25, 0.3) is 10.8 Å². The van der Waals surface area contributed by atoms with E-state index < -0.39 is 0 Å². The quantitative estimate of drug-likeness (QED) is 0.893. The first-order valence-electron chi connectivity index (χ1n) is 6.61. The summed E-state index contributed by atoms with van der Waals surface area (Å²) in [4.78, 5) is 6.75. The third-order valence-corrected chi connectivity index (χ3v) is 3.78. The highest BCUT2D eigenvalue weighted by Gasteiger charge is 2.22. The molecule has 1 aliphatic rings. The molecule has 1 unspecified atom stereocenters. The first kappa shape index (κ1) is 11.5. The second kappa shape index (κ2) is 4.94. The predicted molar refractivity (Wildman–Crippen MR) is 76.0 cm³/mol. The van der Waals surface area contributed by atoms with Crippen LogP contribution in [0, 0.1) is 5.92 Å². The lowest BCUT2D eigenvalue weighted by atomic mass is 10.1. The van der Waals surface area contributed by atoms with Crippen LogP contribution in [0.4, 0.5) is 5.69 Å². The van der Waals surface area contributed by atoms with E-state index in [1.54, 1.807) is 0 Å². The van der Waals surface area contributed by atoms with Gasteiger partial charge < -0.3 is 10.2 Å². The molecule has 18 heavy (non-hydrogen) atoms. The molecule has 0 aliphatic carbocycles. The fourth-order valence-electron chi connectivity index (χ4n) is 2.88. The summed E-state index contributed by atoms with van der Waals surface area (Å²) < 4.78 is 0. The molecule has 1 aliphatic heterocycles. The van der Waals surface area contributed by atoms with Crippen molar-refractivity contribution in [3.05, 3.63) is 36.7 Å². The lowest BCUT2D eigenvalue weighted by Crippen LogP contribution is -2.24. The van der Waals surface area contributed by atoms with E-state index in [0.29, 0.717) is 0 Å². The Kier molecular flexibility index (Phi) is 3.15.